The van der Waals surface area contributed by atoms with Gasteiger partial charge in [0.25, 0.3) is 6.01 Å². The van der Waals surface area contributed by atoms with Crippen LogP contribution in [0.1, 0.15) is 36.9 Å². The molecule has 0 saturated carbocycles. The number of aromatic nitrogens is 3. The normalized spacial score (nSPS) is 13.5. The molecule has 0 aliphatic carbocycles. The molecule has 0 spiro atoms. The lowest BCUT2D eigenvalue weighted by Crippen LogP contribution is -2.37. The summed E-state index contributed by atoms with van der Waals surface area (Å²) in [6.07, 6.45) is 7.85. The van der Waals surface area contributed by atoms with Gasteiger partial charge >= 0.3 is 5.97 Å². The predicted molar refractivity (Wildman–Crippen MR) is 154 cm³/mol. The van der Waals surface area contributed by atoms with E-state index in [1.54, 1.807) is 6.07 Å². The summed E-state index contributed by atoms with van der Waals surface area (Å²) in [5.74, 6) is -0.0788. The van der Waals surface area contributed by atoms with Crippen LogP contribution in [0.3, 0.4) is 0 Å². The number of nitrogens with zero attached hydrogens (tertiary/aromatic N) is 4. The van der Waals surface area contributed by atoms with Crippen LogP contribution in [0.4, 0.5) is 16.2 Å². The molecule has 1 aliphatic rings. The van der Waals surface area contributed by atoms with Gasteiger partial charge in [-0.05, 0) is 68.8 Å². The van der Waals surface area contributed by atoms with Gasteiger partial charge in [-0.25, -0.2) is 14.2 Å². The summed E-state index contributed by atoms with van der Waals surface area (Å²) in [4.78, 5) is 27.2. The number of benzene rings is 1. The zero-order valence-corrected chi connectivity index (χ0v) is 22.9. The molecule has 11 heteroatoms. The van der Waals surface area contributed by atoms with Gasteiger partial charge in [-0.3, -0.25) is 9.88 Å². The quantitative estimate of drug-likeness (QED) is 0.174. The number of carboxylic acids is 1. The largest absolute Gasteiger partial charge is 0.491 e. The number of fused-ring (bicyclic) bond motifs is 2. The molecule has 3 aromatic heterocycles. The Morgan fingerprint density at radius 1 is 1.15 bits per heavy atom. The second-order valence-corrected chi connectivity index (χ2v) is 10.1. The maximum atomic E-state index is 13.5. The van der Waals surface area contributed by atoms with E-state index in [1.807, 2.05) is 18.2 Å². The number of pyridine rings is 2. The van der Waals surface area contributed by atoms with E-state index in [2.05, 4.69) is 37.6 Å². The van der Waals surface area contributed by atoms with Crippen molar-refractivity contribution in [3.8, 4) is 5.75 Å². The minimum Gasteiger partial charge on any atom is -0.491 e. The predicted octanol–water partition coefficient (Wildman–Crippen LogP) is 4.77. The average molecular weight is 563 g/mol. The number of rotatable bonds is 15. The summed E-state index contributed by atoms with van der Waals surface area (Å²) >= 11 is 0. The number of carbonyl (C=O) groups is 1. The number of nitrogens with one attached hydrogen (secondary N) is 2. The van der Waals surface area contributed by atoms with E-state index in [0.29, 0.717) is 43.0 Å². The van der Waals surface area contributed by atoms with E-state index in [-0.39, 0.29) is 6.01 Å². The number of oxazole rings is 1. The number of halogens is 1. The fourth-order valence-corrected chi connectivity index (χ4v) is 4.90. The number of hydrogen-bond acceptors (Lipinski definition) is 9. The lowest BCUT2D eigenvalue weighted by Gasteiger charge is -2.24. The second-order valence-electron chi connectivity index (χ2n) is 10.1. The van der Waals surface area contributed by atoms with Crippen LogP contribution in [0.15, 0.2) is 59.3 Å². The summed E-state index contributed by atoms with van der Waals surface area (Å²) in [7, 11) is 0. The van der Waals surface area contributed by atoms with Gasteiger partial charge in [0.1, 0.15) is 35.6 Å². The number of anilines is 2. The van der Waals surface area contributed by atoms with Crippen LogP contribution in [-0.2, 0) is 17.6 Å². The first-order chi connectivity index (χ1) is 20.0. The zero-order valence-electron chi connectivity index (χ0n) is 22.9. The highest BCUT2D eigenvalue weighted by molar-refractivity contribution is 5.78. The number of para-hydroxylation sites is 2. The summed E-state index contributed by atoms with van der Waals surface area (Å²) < 4.78 is 24.9. The second kappa shape index (κ2) is 13.9. The van der Waals surface area contributed by atoms with Crippen molar-refractivity contribution in [3.63, 3.8) is 0 Å². The third kappa shape index (κ3) is 8.14. The van der Waals surface area contributed by atoms with Crippen LogP contribution >= 0.6 is 0 Å². The number of ether oxygens (including phenoxy) is 1. The summed E-state index contributed by atoms with van der Waals surface area (Å²) in [6.45, 7) is 3.09. The van der Waals surface area contributed by atoms with E-state index < -0.39 is 17.8 Å². The minimum atomic E-state index is -0.985. The highest BCUT2D eigenvalue weighted by Crippen LogP contribution is 2.21. The molecular weight excluding hydrogens is 527 g/mol. The Morgan fingerprint density at radius 3 is 2.90 bits per heavy atom. The molecule has 0 saturated heterocycles. The Hall–Kier alpha value is -4.25. The smallest absolute Gasteiger partial charge is 0.326 e. The number of carboxylic acid groups (broad SMARTS) is 1. The van der Waals surface area contributed by atoms with Gasteiger partial charge in [-0.15, -0.1) is 0 Å². The number of aryl methyl sites for hydroxylation is 2. The maximum absolute atomic E-state index is 13.5. The topological polar surface area (TPSA) is 126 Å². The van der Waals surface area contributed by atoms with Crippen molar-refractivity contribution in [3.05, 3.63) is 71.9 Å². The van der Waals surface area contributed by atoms with Crippen molar-refractivity contribution in [2.24, 2.45) is 0 Å². The van der Waals surface area contributed by atoms with Crippen molar-refractivity contribution >= 4 is 28.9 Å². The van der Waals surface area contributed by atoms with Gasteiger partial charge in [0, 0.05) is 31.4 Å². The molecule has 4 heterocycles. The maximum Gasteiger partial charge on any atom is 0.326 e. The van der Waals surface area contributed by atoms with Crippen LogP contribution in [0, 0.1) is 5.82 Å². The average Bonchev–Trinajstić information content (AvgIpc) is 3.39. The Morgan fingerprint density at radius 2 is 2.05 bits per heavy atom. The first-order valence-electron chi connectivity index (χ1n) is 14.1. The molecule has 0 unspecified atom stereocenters. The molecule has 5 rings (SSSR count). The molecule has 4 aromatic rings. The first kappa shape index (κ1) is 28.3. The molecule has 0 bridgehead atoms. The molecule has 0 fully saturated rings. The van der Waals surface area contributed by atoms with Crippen molar-refractivity contribution in [1.29, 1.82) is 0 Å². The summed E-state index contributed by atoms with van der Waals surface area (Å²) in [5, 5.41) is 16.2. The van der Waals surface area contributed by atoms with E-state index in [4.69, 9.17) is 14.1 Å². The number of unbranched alkanes of at least 4 members (excludes halogenated alkanes) is 1. The van der Waals surface area contributed by atoms with Gasteiger partial charge in [0.15, 0.2) is 5.58 Å². The van der Waals surface area contributed by atoms with Crippen molar-refractivity contribution in [2.75, 3.05) is 43.4 Å². The molecule has 3 N–H and O–H groups in total. The Labute approximate surface area is 238 Å². The van der Waals surface area contributed by atoms with Crippen LogP contribution in [0.25, 0.3) is 11.1 Å². The van der Waals surface area contributed by atoms with E-state index in [1.165, 1.54) is 17.8 Å². The minimum absolute atomic E-state index is 0.180. The zero-order chi connectivity index (χ0) is 28.4. The molecule has 0 amide bonds. The van der Waals surface area contributed by atoms with Gasteiger partial charge < -0.3 is 24.9 Å². The van der Waals surface area contributed by atoms with E-state index in [9.17, 15) is 14.3 Å². The monoisotopic (exact) mass is 562 g/mol. The lowest BCUT2D eigenvalue weighted by atomic mass is 10.1. The Balaban J connectivity index is 1.16. The molecule has 1 atom stereocenters. The van der Waals surface area contributed by atoms with Gasteiger partial charge in [-0.1, -0.05) is 18.2 Å². The third-order valence-corrected chi connectivity index (χ3v) is 7.09. The lowest BCUT2D eigenvalue weighted by molar-refractivity contribution is -0.138. The highest BCUT2D eigenvalue weighted by Gasteiger charge is 2.21. The van der Waals surface area contributed by atoms with Crippen LogP contribution < -0.4 is 15.4 Å². The fraction of sp³-hybridized carbons (Fsp3) is 0.400. The van der Waals surface area contributed by atoms with Crippen LogP contribution in [0.5, 0.6) is 5.75 Å². The summed E-state index contributed by atoms with van der Waals surface area (Å²) in [5.41, 5.74) is 3.60. The van der Waals surface area contributed by atoms with Crippen LogP contribution in [-0.4, -0.2) is 69.8 Å². The van der Waals surface area contributed by atoms with E-state index in [0.717, 1.165) is 62.9 Å². The number of hydrogen-bond donors (Lipinski definition) is 3. The molecular formula is C30H35FN6O4. The SMILES string of the molecule is O=C(O)[C@H](CCN(CCCCc1ccc2c(n1)NCCC2)CCOc1cncc(F)c1)Nc1nc2ccccc2o1. The highest BCUT2D eigenvalue weighted by atomic mass is 19.1. The summed E-state index contributed by atoms with van der Waals surface area (Å²) in [6, 6.07) is 12.2. The standard InChI is InChI=1S/C30H35FN6O4/c31-22-18-24(20-32-19-22)40-17-16-37(14-4-3-7-23-11-10-21-6-5-13-33-28(21)34-23)15-12-26(29(38)39)36-30-35-25-8-1-2-9-27(25)41-30/h1-2,8-11,18-20,26H,3-7,12-17H2,(H,33,34)(H,35,36)(H,38,39)/t26-/m0/s1. The Bertz CT molecular complexity index is 1410. The molecule has 216 valence electrons. The van der Waals surface area contributed by atoms with Crippen molar-refractivity contribution in [1.82, 2.24) is 19.9 Å². The molecule has 1 aromatic carbocycles. The van der Waals surface area contributed by atoms with Crippen molar-refractivity contribution < 1.29 is 23.4 Å². The number of aliphatic carboxylic acids is 1. The third-order valence-electron chi connectivity index (χ3n) is 7.09. The molecule has 41 heavy (non-hydrogen) atoms. The molecule has 1 aliphatic heterocycles. The van der Waals surface area contributed by atoms with Gasteiger partial charge in [0.2, 0.25) is 0 Å². The van der Waals surface area contributed by atoms with Gasteiger partial charge in [0.05, 0.1) is 12.4 Å². The van der Waals surface area contributed by atoms with Gasteiger partial charge in [-0.2, -0.15) is 4.98 Å². The molecule has 0 radical (unpaired) electrons. The fourth-order valence-electron chi connectivity index (χ4n) is 4.90. The van der Waals surface area contributed by atoms with Crippen molar-refractivity contribution in [2.45, 2.75) is 44.6 Å². The van der Waals surface area contributed by atoms with Crippen LogP contribution in [0.2, 0.25) is 0 Å². The Kier molecular flexibility index (Phi) is 9.58. The van der Waals surface area contributed by atoms with E-state index >= 15 is 0 Å². The first-order valence-corrected chi connectivity index (χ1v) is 14.1. The molecule has 10 nitrogen and oxygen atoms in total.